The van der Waals surface area contributed by atoms with Gasteiger partial charge < -0.3 is 10.6 Å². The van der Waals surface area contributed by atoms with Crippen LogP contribution in [0.1, 0.15) is 38.4 Å². The summed E-state index contributed by atoms with van der Waals surface area (Å²) in [4.78, 5) is 45.7. The van der Waals surface area contributed by atoms with Gasteiger partial charge in [0.1, 0.15) is 17.9 Å². The van der Waals surface area contributed by atoms with Gasteiger partial charge in [-0.1, -0.05) is 26.0 Å². The number of amides is 4. The van der Waals surface area contributed by atoms with Gasteiger partial charge in [-0.15, -0.1) is 11.3 Å². The highest BCUT2D eigenvalue weighted by Crippen LogP contribution is 2.29. The molecule has 3 unspecified atom stereocenters. The van der Waals surface area contributed by atoms with Crippen LogP contribution in [0.15, 0.2) is 29.6 Å². The minimum Gasteiger partial charge on any atom is -0.319 e. The zero-order chi connectivity index (χ0) is 23.8. The monoisotopic (exact) mass is 473 g/mol. The van der Waals surface area contributed by atoms with Gasteiger partial charge in [-0.2, -0.15) is 0 Å². The molecule has 0 radical (unpaired) electrons. The lowest BCUT2D eigenvalue weighted by Gasteiger charge is -2.34. The smallest absolute Gasteiger partial charge is 0.319 e. The molecule has 2 aliphatic rings. The average Bonchev–Trinajstić information content (AvgIpc) is 3.25. The molecule has 176 valence electrons. The Morgan fingerprint density at radius 3 is 2.58 bits per heavy atom. The van der Waals surface area contributed by atoms with Crippen LogP contribution in [-0.2, 0) is 21.7 Å². The second-order valence-electron chi connectivity index (χ2n) is 9.29. The van der Waals surface area contributed by atoms with Gasteiger partial charge in [0.15, 0.2) is 5.13 Å². The number of likely N-dealkylation sites (tertiary alicyclic amines) is 1. The van der Waals surface area contributed by atoms with Crippen molar-refractivity contribution < 1.29 is 18.8 Å². The summed E-state index contributed by atoms with van der Waals surface area (Å²) in [6.45, 7) is 8.40. The molecule has 4 rings (SSSR count). The first-order valence-electron chi connectivity index (χ1n) is 11.0. The lowest BCUT2D eigenvalue weighted by molar-refractivity contribution is -0.133. The number of carbonyl (C=O) groups excluding carboxylic acids is 3. The summed E-state index contributed by atoms with van der Waals surface area (Å²) in [7, 11) is 0. The van der Waals surface area contributed by atoms with Crippen molar-refractivity contribution in [3.05, 3.63) is 46.7 Å². The molecule has 2 saturated heterocycles. The number of piperidine rings is 1. The lowest BCUT2D eigenvalue weighted by atomic mass is 9.92. The van der Waals surface area contributed by atoms with E-state index in [1.165, 1.54) is 48.9 Å². The largest absolute Gasteiger partial charge is 0.325 e. The number of hydrogen-bond acceptors (Lipinski definition) is 6. The first-order chi connectivity index (χ1) is 15.6. The van der Waals surface area contributed by atoms with E-state index in [-0.39, 0.29) is 0 Å². The van der Waals surface area contributed by atoms with Gasteiger partial charge in [0.05, 0.1) is 5.69 Å². The summed E-state index contributed by atoms with van der Waals surface area (Å²) in [6.07, 6.45) is 1.23. The van der Waals surface area contributed by atoms with E-state index in [0.29, 0.717) is 22.5 Å². The van der Waals surface area contributed by atoms with Crippen LogP contribution in [0.4, 0.5) is 14.3 Å². The van der Waals surface area contributed by atoms with E-state index in [9.17, 15) is 18.8 Å². The molecule has 2 N–H and O–H groups in total. The molecule has 4 amide bonds. The Bertz CT molecular complexity index is 1050. The van der Waals surface area contributed by atoms with Crippen molar-refractivity contribution in [3.63, 3.8) is 0 Å². The van der Waals surface area contributed by atoms with E-state index in [1.807, 2.05) is 5.38 Å². The van der Waals surface area contributed by atoms with Gasteiger partial charge in [-0.05, 0) is 42.9 Å². The Labute approximate surface area is 196 Å². The fourth-order valence-electron chi connectivity index (χ4n) is 4.71. The van der Waals surface area contributed by atoms with Crippen LogP contribution in [0, 0.1) is 17.7 Å². The zero-order valence-corrected chi connectivity index (χ0v) is 19.7. The zero-order valence-electron chi connectivity index (χ0n) is 18.9. The van der Waals surface area contributed by atoms with E-state index < -0.39 is 35.7 Å². The number of thiazole rings is 1. The summed E-state index contributed by atoms with van der Waals surface area (Å²) in [5.41, 5.74) is -0.0335. The van der Waals surface area contributed by atoms with E-state index in [0.717, 1.165) is 30.2 Å². The highest BCUT2D eigenvalue weighted by atomic mass is 32.1. The van der Waals surface area contributed by atoms with Crippen molar-refractivity contribution in [1.82, 2.24) is 20.1 Å². The van der Waals surface area contributed by atoms with E-state index >= 15 is 0 Å². The van der Waals surface area contributed by atoms with Crippen LogP contribution in [0.25, 0.3) is 0 Å². The lowest BCUT2D eigenvalue weighted by Crippen LogP contribution is -2.42. The van der Waals surface area contributed by atoms with Crippen LogP contribution >= 0.6 is 11.3 Å². The van der Waals surface area contributed by atoms with Crippen molar-refractivity contribution in [2.75, 3.05) is 25.0 Å². The van der Waals surface area contributed by atoms with Crippen LogP contribution < -0.4 is 10.6 Å². The second kappa shape index (κ2) is 9.18. The minimum absolute atomic E-state index is 0.432. The maximum atomic E-state index is 13.3. The molecule has 3 atom stereocenters. The molecule has 3 heterocycles. The SMILES string of the molecule is CC1CC(C)CN(Cc2csc(NC(=O)CN3C(=O)NC(C)(c4ccc(F)cc4)C3=O)n2)C1. The fraction of sp³-hybridized carbons (Fsp3) is 0.478. The minimum atomic E-state index is -1.36. The van der Waals surface area contributed by atoms with Crippen molar-refractivity contribution in [2.24, 2.45) is 11.8 Å². The van der Waals surface area contributed by atoms with E-state index in [1.54, 1.807) is 0 Å². The third-order valence-corrected chi connectivity index (χ3v) is 6.93. The number of nitrogens with zero attached hydrogens (tertiary/aromatic N) is 3. The number of aromatic nitrogens is 1. The molecule has 33 heavy (non-hydrogen) atoms. The molecule has 0 bridgehead atoms. The molecule has 2 fully saturated rings. The number of anilines is 1. The summed E-state index contributed by atoms with van der Waals surface area (Å²) >= 11 is 1.32. The van der Waals surface area contributed by atoms with Crippen LogP contribution in [0.3, 0.4) is 0 Å². The van der Waals surface area contributed by atoms with Crippen LogP contribution in [0.5, 0.6) is 0 Å². The second-order valence-corrected chi connectivity index (χ2v) is 10.1. The first-order valence-corrected chi connectivity index (χ1v) is 11.9. The molecule has 10 heteroatoms. The average molecular weight is 474 g/mol. The Morgan fingerprint density at radius 1 is 1.24 bits per heavy atom. The maximum absolute atomic E-state index is 13.3. The third-order valence-electron chi connectivity index (χ3n) is 6.13. The van der Waals surface area contributed by atoms with E-state index in [2.05, 4.69) is 34.4 Å². The molecular formula is C23H28FN5O3S. The molecule has 2 aromatic rings. The van der Waals surface area contributed by atoms with Crippen LogP contribution in [-0.4, -0.2) is 52.3 Å². The van der Waals surface area contributed by atoms with Gasteiger partial charge in [0.25, 0.3) is 5.91 Å². The maximum Gasteiger partial charge on any atom is 0.325 e. The number of urea groups is 1. The highest BCUT2D eigenvalue weighted by molar-refractivity contribution is 7.13. The molecule has 2 aliphatic heterocycles. The molecular weight excluding hydrogens is 445 g/mol. The van der Waals surface area contributed by atoms with Gasteiger partial charge in [-0.25, -0.2) is 14.2 Å². The molecule has 0 spiro atoms. The fourth-order valence-corrected chi connectivity index (χ4v) is 5.43. The number of imide groups is 1. The molecule has 0 aliphatic carbocycles. The van der Waals surface area contributed by atoms with Crippen molar-refractivity contribution in [2.45, 2.75) is 39.3 Å². The highest BCUT2D eigenvalue weighted by Gasteiger charge is 2.49. The number of carbonyl (C=O) groups is 3. The number of benzene rings is 1. The Balaban J connectivity index is 1.36. The number of halogens is 1. The summed E-state index contributed by atoms with van der Waals surface area (Å²) in [6, 6.07) is 4.66. The topological polar surface area (TPSA) is 94.6 Å². The normalized spacial score (nSPS) is 25.9. The van der Waals surface area contributed by atoms with Crippen molar-refractivity contribution in [1.29, 1.82) is 0 Å². The summed E-state index contributed by atoms with van der Waals surface area (Å²) in [5.74, 6) is -0.222. The van der Waals surface area contributed by atoms with Gasteiger partial charge >= 0.3 is 6.03 Å². The molecule has 0 saturated carbocycles. The predicted octanol–water partition coefficient (Wildman–Crippen LogP) is 3.17. The Morgan fingerprint density at radius 2 is 1.91 bits per heavy atom. The summed E-state index contributed by atoms with van der Waals surface area (Å²) < 4.78 is 13.3. The first kappa shape index (κ1) is 23.3. The van der Waals surface area contributed by atoms with Crippen LogP contribution in [0.2, 0.25) is 0 Å². The Hall–Kier alpha value is -2.85. The molecule has 1 aromatic carbocycles. The van der Waals surface area contributed by atoms with Gasteiger partial charge in [0, 0.05) is 25.0 Å². The number of rotatable bonds is 6. The third kappa shape index (κ3) is 5.06. The predicted molar refractivity (Wildman–Crippen MR) is 123 cm³/mol. The summed E-state index contributed by atoms with van der Waals surface area (Å²) in [5, 5.41) is 7.64. The van der Waals surface area contributed by atoms with Crippen molar-refractivity contribution in [3.8, 4) is 0 Å². The molecule has 8 nitrogen and oxygen atoms in total. The van der Waals surface area contributed by atoms with Gasteiger partial charge in [0.2, 0.25) is 5.91 Å². The standard InChI is InChI=1S/C23H28FN5O3S/c1-14-8-15(2)10-28(9-14)11-18-13-33-21(25-18)26-19(30)12-29-20(31)23(3,27-22(29)32)16-4-6-17(24)7-5-16/h4-7,13-15H,8-12H2,1-3H3,(H,27,32)(H,25,26,30). The van der Waals surface area contributed by atoms with Gasteiger partial charge in [-0.3, -0.25) is 19.4 Å². The van der Waals surface area contributed by atoms with E-state index in [4.69, 9.17) is 0 Å². The number of hydrogen-bond donors (Lipinski definition) is 2. The number of nitrogens with one attached hydrogen (secondary N) is 2. The Kier molecular flexibility index (Phi) is 6.49. The van der Waals surface area contributed by atoms with Crippen molar-refractivity contribution >= 4 is 34.3 Å². The molecule has 1 aromatic heterocycles. The quantitative estimate of drug-likeness (QED) is 0.629.